The predicted octanol–water partition coefficient (Wildman–Crippen LogP) is 3.67. The molecule has 0 aliphatic carbocycles. The first kappa shape index (κ1) is 18.6. The topological polar surface area (TPSA) is 63.7 Å². The molecule has 128 valence electrons. The molecular formula is C16H15Cl2NO4S. The van der Waals surface area contributed by atoms with E-state index in [1.54, 1.807) is 24.3 Å². The molecule has 0 unspecified atom stereocenters. The Balaban J connectivity index is 2.53. The van der Waals surface area contributed by atoms with E-state index in [0.717, 1.165) is 9.87 Å². The molecule has 2 aromatic carbocycles. The summed E-state index contributed by atoms with van der Waals surface area (Å²) in [4.78, 5) is 11.6. The van der Waals surface area contributed by atoms with Gasteiger partial charge in [0.2, 0.25) is 0 Å². The minimum absolute atomic E-state index is 0.0682. The summed E-state index contributed by atoms with van der Waals surface area (Å²) in [5.41, 5.74) is 1.31. The van der Waals surface area contributed by atoms with Gasteiger partial charge in [-0.05, 0) is 37.3 Å². The summed E-state index contributed by atoms with van der Waals surface area (Å²) < 4.78 is 31.5. The Morgan fingerprint density at radius 1 is 1.08 bits per heavy atom. The molecule has 0 aromatic heterocycles. The van der Waals surface area contributed by atoms with Gasteiger partial charge in [-0.1, -0.05) is 40.9 Å². The summed E-state index contributed by atoms with van der Waals surface area (Å²) >= 11 is 11.8. The van der Waals surface area contributed by atoms with Gasteiger partial charge in [-0.3, -0.25) is 9.10 Å². The Hall–Kier alpha value is -1.76. The second kappa shape index (κ2) is 7.42. The van der Waals surface area contributed by atoms with Crippen LogP contribution in [-0.4, -0.2) is 28.0 Å². The second-order valence-electron chi connectivity index (χ2n) is 5.00. The molecule has 0 amide bonds. The lowest BCUT2D eigenvalue weighted by Crippen LogP contribution is -2.36. The van der Waals surface area contributed by atoms with Crippen LogP contribution in [-0.2, 0) is 19.6 Å². The molecule has 2 aromatic rings. The number of sulfonamides is 1. The number of hydrogen-bond donors (Lipinski definition) is 0. The quantitative estimate of drug-likeness (QED) is 0.734. The lowest BCUT2D eigenvalue weighted by atomic mass is 10.2. The molecular weight excluding hydrogens is 373 g/mol. The number of hydrogen-bond acceptors (Lipinski definition) is 4. The zero-order valence-corrected chi connectivity index (χ0v) is 15.3. The molecule has 0 saturated carbocycles. The molecule has 0 heterocycles. The lowest BCUT2D eigenvalue weighted by Gasteiger charge is -2.23. The van der Waals surface area contributed by atoms with Crippen molar-refractivity contribution in [3.8, 4) is 0 Å². The van der Waals surface area contributed by atoms with E-state index >= 15 is 0 Å². The van der Waals surface area contributed by atoms with Gasteiger partial charge in [-0.25, -0.2) is 8.42 Å². The van der Waals surface area contributed by atoms with Crippen molar-refractivity contribution >= 4 is 44.9 Å². The maximum atomic E-state index is 12.9. The third-order valence-electron chi connectivity index (χ3n) is 3.30. The predicted molar refractivity (Wildman–Crippen MR) is 94.2 cm³/mol. The van der Waals surface area contributed by atoms with Crippen LogP contribution >= 0.6 is 23.2 Å². The molecule has 0 saturated heterocycles. The summed E-state index contributed by atoms with van der Waals surface area (Å²) in [6.45, 7) is 1.42. The minimum Gasteiger partial charge on any atom is -0.468 e. The van der Waals surface area contributed by atoms with E-state index in [0.29, 0.717) is 5.69 Å². The van der Waals surface area contributed by atoms with Crippen molar-refractivity contribution in [3.05, 3.63) is 58.1 Å². The summed E-state index contributed by atoms with van der Waals surface area (Å²) in [7, 11) is -2.83. The number of esters is 1. The SMILES string of the molecule is COC(=O)CN(c1ccc(C)cc1)S(=O)(=O)c1ccc(Cl)c(Cl)c1. The Kier molecular flexibility index (Phi) is 5.74. The van der Waals surface area contributed by atoms with Gasteiger partial charge < -0.3 is 4.74 Å². The van der Waals surface area contributed by atoms with Crippen molar-refractivity contribution in [2.75, 3.05) is 18.0 Å². The molecule has 0 atom stereocenters. The molecule has 0 fully saturated rings. The number of nitrogens with zero attached hydrogens (tertiary/aromatic N) is 1. The standard InChI is InChI=1S/C16H15Cl2NO4S/c1-11-3-5-12(6-4-11)19(10-16(20)23-2)24(21,22)13-7-8-14(17)15(18)9-13/h3-9H,10H2,1-2H3. The van der Waals surface area contributed by atoms with Crippen LogP contribution in [0.15, 0.2) is 47.4 Å². The molecule has 0 radical (unpaired) electrons. The van der Waals surface area contributed by atoms with Gasteiger partial charge in [0.15, 0.2) is 0 Å². The van der Waals surface area contributed by atoms with Gasteiger partial charge in [0.25, 0.3) is 10.0 Å². The number of anilines is 1. The molecule has 0 N–H and O–H groups in total. The van der Waals surface area contributed by atoms with E-state index in [1.165, 1.54) is 25.3 Å². The molecule has 5 nitrogen and oxygen atoms in total. The summed E-state index contributed by atoms with van der Waals surface area (Å²) in [5.74, 6) is -0.681. The van der Waals surface area contributed by atoms with E-state index in [4.69, 9.17) is 23.2 Å². The largest absolute Gasteiger partial charge is 0.468 e. The number of benzene rings is 2. The minimum atomic E-state index is -4.02. The van der Waals surface area contributed by atoms with Crippen molar-refractivity contribution in [2.24, 2.45) is 0 Å². The molecule has 0 aliphatic heterocycles. The van der Waals surface area contributed by atoms with Gasteiger partial charge >= 0.3 is 5.97 Å². The van der Waals surface area contributed by atoms with Crippen LogP contribution in [0.3, 0.4) is 0 Å². The molecule has 8 heteroatoms. The first-order valence-electron chi connectivity index (χ1n) is 6.87. The van der Waals surface area contributed by atoms with E-state index in [1.807, 2.05) is 6.92 Å². The summed E-state index contributed by atoms with van der Waals surface area (Å²) in [5, 5.41) is 0.352. The number of aryl methyl sites for hydroxylation is 1. The highest BCUT2D eigenvalue weighted by atomic mass is 35.5. The highest BCUT2D eigenvalue weighted by Crippen LogP contribution is 2.29. The first-order valence-corrected chi connectivity index (χ1v) is 9.06. The Labute approximate surface area is 150 Å². The monoisotopic (exact) mass is 387 g/mol. The van der Waals surface area contributed by atoms with Crippen LogP contribution in [0.25, 0.3) is 0 Å². The highest BCUT2D eigenvalue weighted by Gasteiger charge is 2.28. The fourth-order valence-corrected chi connectivity index (χ4v) is 3.77. The number of ether oxygens (including phenoxy) is 1. The molecule has 0 bridgehead atoms. The van der Waals surface area contributed by atoms with Crippen LogP contribution in [0.4, 0.5) is 5.69 Å². The fraction of sp³-hybridized carbons (Fsp3) is 0.188. The third-order valence-corrected chi connectivity index (χ3v) is 5.81. The number of carbonyl (C=O) groups is 1. The smallest absolute Gasteiger partial charge is 0.326 e. The fourth-order valence-electron chi connectivity index (χ4n) is 1.97. The van der Waals surface area contributed by atoms with Crippen LogP contribution in [0.5, 0.6) is 0 Å². The third kappa shape index (κ3) is 4.01. The summed E-state index contributed by atoms with van der Waals surface area (Å²) in [6.07, 6.45) is 0. The average Bonchev–Trinajstić information content (AvgIpc) is 2.55. The summed E-state index contributed by atoms with van der Waals surface area (Å²) in [6, 6.07) is 10.7. The number of halogens is 2. The van der Waals surface area contributed by atoms with Crippen molar-refractivity contribution in [1.29, 1.82) is 0 Å². The highest BCUT2D eigenvalue weighted by molar-refractivity contribution is 7.92. The van der Waals surface area contributed by atoms with Crippen molar-refractivity contribution in [3.63, 3.8) is 0 Å². The number of methoxy groups -OCH3 is 1. The van der Waals surface area contributed by atoms with Crippen LogP contribution in [0.1, 0.15) is 5.56 Å². The maximum Gasteiger partial charge on any atom is 0.326 e. The van der Waals surface area contributed by atoms with Crippen molar-refractivity contribution in [1.82, 2.24) is 0 Å². The van der Waals surface area contributed by atoms with Crippen molar-refractivity contribution in [2.45, 2.75) is 11.8 Å². The van der Waals surface area contributed by atoms with Crippen molar-refractivity contribution < 1.29 is 17.9 Å². The average molecular weight is 388 g/mol. The molecule has 0 aliphatic rings. The van der Waals surface area contributed by atoms with E-state index in [2.05, 4.69) is 4.74 Å². The van der Waals surface area contributed by atoms with Gasteiger partial charge in [0.05, 0.1) is 27.7 Å². The zero-order valence-electron chi connectivity index (χ0n) is 13.0. The zero-order chi connectivity index (χ0) is 17.9. The van der Waals surface area contributed by atoms with Crippen LogP contribution in [0.2, 0.25) is 10.0 Å². The van der Waals surface area contributed by atoms with Gasteiger partial charge in [0, 0.05) is 0 Å². The van der Waals surface area contributed by atoms with E-state index in [9.17, 15) is 13.2 Å². The van der Waals surface area contributed by atoms with Crippen LogP contribution < -0.4 is 4.31 Å². The Morgan fingerprint density at radius 3 is 2.25 bits per heavy atom. The van der Waals surface area contributed by atoms with Gasteiger partial charge in [0.1, 0.15) is 6.54 Å². The van der Waals surface area contributed by atoms with Gasteiger partial charge in [-0.2, -0.15) is 0 Å². The number of carbonyl (C=O) groups excluding carboxylic acids is 1. The Bertz CT molecular complexity index is 851. The number of rotatable bonds is 5. The van der Waals surface area contributed by atoms with E-state index in [-0.39, 0.29) is 14.9 Å². The second-order valence-corrected chi connectivity index (χ2v) is 7.68. The first-order chi connectivity index (χ1) is 11.3. The maximum absolute atomic E-state index is 12.9. The molecule has 0 spiro atoms. The Morgan fingerprint density at radius 2 is 1.71 bits per heavy atom. The molecule has 24 heavy (non-hydrogen) atoms. The normalized spacial score (nSPS) is 11.2. The van der Waals surface area contributed by atoms with Gasteiger partial charge in [-0.15, -0.1) is 0 Å². The van der Waals surface area contributed by atoms with Crippen LogP contribution in [0, 0.1) is 6.92 Å². The molecule has 2 rings (SSSR count). The van der Waals surface area contributed by atoms with E-state index < -0.39 is 22.5 Å². The lowest BCUT2D eigenvalue weighted by molar-refractivity contribution is -0.138.